The van der Waals surface area contributed by atoms with Gasteiger partial charge in [-0.1, -0.05) is 12.1 Å². The van der Waals surface area contributed by atoms with Crippen LogP contribution in [0.3, 0.4) is 0 Å². The number of aromatic nitrogens is 2. The van der Waals surface area contributed by atoms with E-state index in [1.165, 1.54) is 0 Å². The van der Waals surface area contributed by atoms with Gasteiger partial charge in [-0.15, -0.1) is 0 Å². The van der Waals surface area contributed by atoms with Gasteiger partial charge in [-0.25, -0.2) is 0 Å². The number of ether oxygens (including phenoxy) is 2. The number of rotatable bonds is 5. The molecular weight excluding hydrogens is 342 g/mol. The summed E-state index contributed by atoms with van der Waals surface area (Å²) in [6.07, 6.45) is 1.91. The SMILES string of the molecule is COc1cccc2c3c(=O)n(C(C)C)ccc3n(CCN3CCOCC3)c12. The van der Waals surface area contributed by atoms with E-state index in [-0.39, 0.29) is 11.6 Å². The summed E-state index contributed by atoms with van der Waals surface area (Å²) in [7, 11) is 1.69. The van der Waals surface area contributed by atoms with E-state index in [2.05, 4.69) is 15.5 Å². The smallest absolute Gasteiger partial charge is 0.260 e. The molecule has 0 radical (unpaired) electrons. The zero-order valence-electron chi connectivity index (χ0n) is 16.3. The van der Waals surface area contributed by atoms with Crippen molar-refractivity contribution in [3.63, 3.8) is 0 Å². The van der Waals surface area contributed by atoms with Gasteiger partial charge in [-0.05, 0) is 26.0 Å². The molecule has 0 saturated carbocycles. The van der Waals surface area contributed by atoms with Crippen molar-refractivity contribution in [3.8, 4) is 5.75 Å². The first-order chi connectivity index (χ1) is 13.1. The van der Waals surface area contributed by atoms with Crippen molar-refractivity contribution in [3.05, 3.63) is 40.8 Å². The van der Waals surface area contributed by atoms with Gasteiger partial charge in [0.25, 0.3) is 5.56 Å². The van der Waals surface area contributed by atoms with Crippen LogP contribution >= 0.6 is 0 Å². The van der Waals surface area contributed by atoms with Crippen LogP contribution in [0, 0.1) is 0 Å². The van der Waals surface area contributed by atoms with Crippen LogP contribution in [0.2, 0.25) is 0 Å². The Kier molecular flexibility index (Phi) is 4.93. The van der Waals surface area contributed by atoms with Gasteiger partial charge in [0.2, 0.25) is 0 Å². The van der Waals surface area contributed by atoms with E-state index in [1.807, 2.05) is 38.2 Å². The van der Waals surface area contributed by atoms with Crippen molar-refractivity contribution in [2.45, 2.75) is 26.4 Å². The molecule has 3 heterocycles. The number of hydrogen-bond donors (Lipinski definition) is 0. The van der Waals surface area contributed by atoms with Crippen molar-refractivity contribution in [2.75, 3.05) is 40.0 Å². The van der Waals surface area contributed by atoms with Crippen molar-refractivity contribution in [2.24, 2.45) is 0 Å². The molecule has 27 heavy (non-hydrogen) atoms. The first-order valence-corrected chi connectivity index (χ1v) is 9.62. The lowest BCUT2D eigenvalue weighted by molar-refractivity contribution is 0.0366. The predicted octanol–water partition coefficient (Wildman–Crippen LogP) is 2.88. The maximum atomic E-state index is 13.2. The highest BCUT2D eigenvalue weighted by molar-refractivity contribution is 6.09. The van der Waals surface area contributed by atoms with Crippen LogP contribution in [0.1, 0.15) is 19.9 Å². The Bertz CT molecular complexity index is 1010. The van der Waals surface area contributed by atoms with E-state index in [1.54, 1.807) is 11.7 Å². The molecule has 1 aliphatic rings. The molecular formula is C21H27N3O3. The average molecular weight is 369 g/mol. The number of nitrogens with zero attached hydrogens (tertiary/aromatic N) is 3. The van der Waals surface area contributed by atoms with Gasteiger partial charge in [0.05, 0.1) is 36.7 Å². The van der Waals surface area contributed by atoms with Gasteiger partial charge >= 0.3 is 0 Å². The molecule has 0 N–H and O–H groups in total. The van der Waals surface area contributed by atoms with Crippen LogP contribution < -0.4 is 10.3 Å². The zero-order valence-corrected chi connectivity index (χ0v) is 16.3. The van der Waals surface area contributed by atoms with E-state index in [0.717, 1.165) is 66.9 Å². The summed E-state index contributed by atoms with van der Waals surface area (Å²) in [6, 6.07) is 8.14. The molecule has 2 aromatic heterocycles. The van der Waals surface area contributed by atoms with E-state index in [4.69, 9.17) is 9.47 Å². The van der Waals surface area contributed by atoms with E-state index >= 15 is 0 Å². The molecule has 0 unspecified atom stereocenters. The molecule has 6 nitrogen and oxygen atoms in total. The second kappa shape index (κ2) is 7.37. The van der Waals surface area contributed by atoms with Crippen LogP contribution in [-0.4, -0.2) is 54.0 Å². The molecule has 0 spiro atoms. The Hall–Kier alpha value is -2.31. The molecule has 1 aliphatic heterocycles. The van der Waals surface area contributed by atoms with Crippen LogP contribution in [0.25, 0.3) is 21.8 Å². The highest BCUT2D eigenvalue weighted by atomic mass is 16.5. The molecule has 0 amide bonds. The first kappa shape index (κ1) is 18.1. The molecule has 1 aromatic carbocycles. The summed E-state index contributed by atoms with van der Waals surface area (Å²) in [5, 5.41) is 1.74. The highest BCUT2D eigenvalue weighted by Crippen LogP contribution is 2.33. The number of para-hydroxylation sites is 1. The molecule has 1 saturated heterocycles. The molecule has 0 aliphatic carbocycles. The number of pyridine rings is 1. The summed E-state index contributed by atoms with van der Waals surface area (Å²) in [4.78, 5) is 15.6. The van der Waals surface area contributed by atoms with Crippen molar-refractivity contribution >= 4 is 21.8 Å². The van der Waals surface area contributed by atoms with Crippen LogP contribution in [-0.2, 0) is 11.3 Å². The molecule has 4 rings (SSSR count). The van der Waals surface area contributed by atoms with Crippen LogP contribution in [0.4, 0.5) is 0 Å². The second-order valence-electron chi connectivity index (χ2n) is 7.34. The van der Waals surface area contributed by atoms with Crippen molar-refractivity contribution in [1.29, 1.82) is 0 Å². The highest BCUT2D eigenvalue weighted by Gasteiger charge is 2.19. The molecule has 6 heteroatoms. The summed E-state index contributed by atoms with van der Waals surface area (Å²) >= 11 is 0. The maximum absolute atomic E-state index is 13.2. The van der Waals surface area contributed by atoms with Gasteiger partial charge in [0.15, 0.2) is 0 Å². The minimum Gasteiger partial charge on any atom is -0.495 e. The Morgan fingerprint density at radius 1 is 1.15 bits per heavy atom. The Morgan fingerprint density at radius 2 is 1.93 bits per heavy atom. The van der Waals surface area contributed by atoms with E-state index in [0.29, 0.717) is 0 Å². The van der Waals surface area contributed by atoms with Gasteiger partial charge in [0.1, 0.15) is 5.75 Å². The Morgan fingerprint density at radius 3 is 2.63 bits per heavy atom. The summed E-state index contributed by atoms with van der Waals surface area (Å²) in [5.74, 6) is 0.807. The molecule has 1 fully saturated rings. The summed E-state index contributed by atoms with van der Waals surface area (Å²) in [5.41, 5.74) is 2.04. The third-order valence-electron chi connectivity index (χ3n) is 5.45. The minimum atomic E-state index is 0.0610. The summed E-state index contributed by atoms with van der Waals surface area (Å²) in [6.45, 7) is 9.28. The summed E-state index contributed by atoms with van der Waals surface area (Å²) < 4.78 is 15.1. The molecule has 0 atom stereocenters. The van der Waals surface area contributed by atoms with Crippen LogP contribution in [0.5, 0.6) is 5.75 Å². The van der Waals surface area contributed by atoms with Crippen LogP contribution in [0.15, 0.2) is 35.3 Å². The normalized spacial score (nSPS) is 15.9. The third-order valence-corrected chi connectivity index (χ3v) is 5.45. The number of benzene rings is 1. The molecule has 3 aromatic rings. The zero-order chi connectivity index (χ0) is 19.0. The maximum Gasteiger partial charge on any atom is 0.260 e. The fraction of sp³-hybridized carbons (Fsp3) is 0.476. The predicted molar refractivity (Wildman–Crippen MR) is 108 cm³/mol. The largest absolute Gasteiger partial charge is 0.495 e. The monoisotopic (exact) mass is 369 g/mol. The van der Waals surface area contributed by atoms with Crippen molar-refractivity contribution in [1.82, 2.24) is 14.0 Å². The minimum absolute atomic E-state index is 0.0610. The van der Waals surface area contributed by atoms with Gasteiger partial charge in [0, 0.05) is 43.8 Å². The van der Waals surface area contributed by atoms with Gasteiger partial charge in [-0.2, -0.15) is 0 Å². The molecule has 0 bridgehead atoms. The second-order valence-corrected chi connectivity index (χ2v) is 7.34. The Labute approximate surface area is 158 Å². The van der Waals surface area contributed by atoms with Gasteiger partial charge in [-0.3, -0.25) is 9.69 Å². The lowest BCUT2D eigenvalue weighted by Gasteiger charge is -2.27. The fourth-order valence-electron chi connectivity index (χ4n) is 4.01. The average Bonchev–Trinajstić information content (AvgIpc) is 3.01. The topological polar surface area (TPSA) is 48.6 Å². The lowest BCUT2D eigenvalue weighted by atomic mass is 10.2. The van der Waals surface area contributed by atoms with Gasteiger partial charge < -0.3 is 18.6 Å². The molecule has 144 valence electrons. The standard InChI is InChI=1S/C21H27N3O3/c1-15(2)23-8-7-17-19(21(23)25)16-5-4-6-18(26-3)20(16)24(17)10-9-22-11-13-27-14-12-22/h4-8,15H,9-14H2,1-3H3. The first-order valence-electron chi connectivity index (χ1n) is 9.62. The van der Waals surface area contributed by atoms with Crippen molar-refractivity contribution < 1.29 is 9.47 Å². The Balaban J connectivity index is 1.89. The van der Waals surface area contributed by atoms with E-state index < -0.39 is 0 Å². The number of morpholine rings is 1. The number of methoxy groups -OCH3 is 1. The fourth-order valence-corrected chi connectivity index (χ4v) is 4.01. The number of hydrogen-bond acceptors (Lipinski definition) is 4. The third kappa shape index (κ3) is 3.13. The lowest BCUT2D eigenvalue weighted by Crippen LogP contribution is -2.38. The quantitative estimate of drug-likeness (QED) is 0.694. The van der Waals surface area contributed by atoms with E-state index in [9.17, 15) is 4.79 Å². The number of fused-ring (bicyclic) bond motifs is 3.